The number of nitrogens with zero attached hydrogens (tertiary/aromatic N) is 1. The van der Waals surface area contributed by atoms with Gasteiger partial charge in [0.05, 0.1) is 0 Å². The van der Waals surface area contributed by atoms with Gasteiger partial charge in [-0.15, -0.1) is 0 Å². The first-order valence-electron chi connectivity index (χ1n) is 7.80. The normalized spacial score (nSPS) is 10.7. The van der Waals surface area contributed by atoms with Crippen LogP contribution in [0.4, 0.5) is 4.39 Å². The Kier molecular flexibility index (Phi) is 10.0. The largest absolute Gasteiger partial charge is 0.330 e. The molecule has 0 bridgehead atoms. The van der Waals surface area contributed by atoms with Crippen LogP contribution in [0.3, 0.4) is 0 Å². The van der Waals surface area contributed by atoms with Crippen LogP contribution in [0.1, 0.15) is 49.1 Å². The summed E-state index contributed by atoms with van der Waals surface area (Å²) in [7, 11) is 0. The number of rotatable bonds is 2. The van der Waals surface area contributed by atoms with Gasteiger partial charge in [0.15, 0.2) is 0 Å². The number of aryl methyl sites for hydroxylation is 3. The van der Waals surface area contributed by atoms with Gasteiger partial charge in [0, 0.05) is 11.9 Å². The maximum Gasteiger partial charge on any atom is 0.123 e. The summed E-state index contributed by atoms with van der Waals surface area (Å²) in [5.74, 6) is 0.131. The fourth-order valence-electron chi connectivity index (χ4n) is 1.88. The molecule has 2 N–H and O–H groups in total. The highest BCUT2D eigenvalue weighted by Gasteiger charge is 2.06. The number of benzene rings is 1. The van der Waals surface area contributed by atoms with Crippen LogP contribution in [0.15, 0.2) is 36.5 Å². The Labute approximate surface area is 134 Å². The van der Waals surface area contributed by atoms with Gasteiger partial charge in [-0.2, -0.15) is 0 Å². The molecule has 1 aromatic heterocycles. The van der Waals surface area contributed by atoms with Gasteiger partial charge in [-0.1, -0.05) is 32.9 Å². The Morgan fingerprint density at radius 3 is 2.14 bits per heavy atom. The van der Waals surface area contributed by atoms with Crippen molar-refractivity contribution in [2.75, 3.05) is 6.54 Å². The second kappa shape index (κ2) is 10.9. The number of hydrogen-bond donors (Lipinski definition) is 1. The first kappa shape index (κ1) is 20.3. The van der Waals surface area contributed by atoms with Crippen molar-refractivity contribution in [1.82, 2.24) is 4.98 Å². The minimum absolute atomic E-state index is 0.180. The van der Waals surface area contributed by atoms with Crippen LogP contribution < -0.4 is 5.73 Å². The van der Waals surface area contributed by atoms with E-state index < -0.39 is 0 Å². The highest BCUT2D eigenvalue weighted by Crippen LogP contribution is 2.18. The molecule has 2 nitrogen and oxygen atoms in total. The maximum absolute atomic E-state index is 12.7. The number of hydrogen-bond acceptors (Lipinski definition) is 2. The van der Waals surface area contributed by atoms with Gasteiger partial charge in [-0.05, 0) is 68.1 Å². The van der Waals surface area contributed by atoms with Crippen LogP contribution in [0, 0.1) is 26.6 Å². The minimum atomic E-state index is -0.180. The average molecular weight is 304 g/mol. The van der Waals surface area contributed by atoms with E-state index >= 15 is 0 Å². The molecule has 0 unspecified atom stereocenters. The third-order valence-corrected chi connectivity index (χ3v) is 3.39. The van der Waals surface area contributed by atoms with Gasteiger partial charge in [-0.25, -0.2) is 4.39 Å². The van der Waals surface area contributed by atoms with Crippen LogP contribution in [0.25, 0.3) is 0 Å². The van der Waals surface area contributed by atoms with Crippen molar-refractivity contribution in [3.63, 3.8) is 0 Å². The van der Waals surface area contributed by atoms with E-state index in [2.05, 4.69) is 18.0 Å². The number of nitrogens with two attached hydrogens (primary N) is 1. The van der Waals surface area contributed by atoms with Crippen molar-refractivity contribution in [2.45, 2.75) is 47.5 Å². The molecule has 3 heteroatoms. The molecule has 0 fully saturated rings. The van der Waals surface area contributed by atoms with Gasteiger partial charge in [0.2, 0.25) is 0 Å². The Morgan fingerprint density at radius 2 is 1.73 bits per heavy atom. The van der Waals surface area contributed by atoms with Crippen molar-refractivity contribution < 1.29 is 4.39 Å². The van der Waals surface area contributed by atoms with Crippen molar-refractivity contribution in [3.8, 4) is 0 Å². The molecule has 0 saturated carbocycles. The summed E-state index contributed by atoms with van der Waals surface area (Å²) in [6, 6.07) is 8.84. The summed E-state index contributed by atoms with van der Waals surface area (Å²) >= 11 is 0. The number of halogens is 1. The zero-order valence-corrected chi connectivity index (χ0v) is 14.7. The molecular formula is C19H29FN2. The summed E-state index contributed by atoms with van der Waals surface area (Å²) in [5, 5.41) is 0. The first-order chi connectivity index (χ1) is 10.5. The van der Waals surface area contributed by atoms with Gasteiger partial charge < -0.3 is 5.73 Å². The molecule has 0 radical (unpaired) electrons. The standard InChI is InChI=1S/C10H14FN.C7H9N.C2H6/c1-7-5-9(11)3-4-10(7)8(2)6-12;1-6-4-3-5-8-7(6)2;1-2/h3-5,8H,6,12H2,1-2H3;3-5H,1-2H3;1-2H3/t8-;;/m0../s1. The summed E-state index contributed by atoms with van der Waals surface area (Å²) < 4.78 is 12.7. The van der Waals surface area contributed by atoms with Crippen molar-refractivity contribution >= 4 is 0 Å². The lowest BCUT2D eigenvalue weighted by Gasteiger charge is -2.11. The molecule has 0 amide bonds. The molecule has 1 heterocycles. The topological polar surface area (TPSA) is 38.9 Å². The quantitative estimate of drug-likeness (QED) is 0.855. The SMILES string of the molecule is CC.Cc1cc(F)ccc1[C@@H](C)CN.Cc1cccnc1C. The molecule has 0 aliphatic heterocycles. The van der Waals surface area contributed by atoms with E-state index in [0.717, 1.165) is 16.8 Å². The van der Waals surface area contributed by atoms with Crippen LogP contribution in [0.2, 0.25) is 0 Å². The zero-order valence-electron chi connectivity index (χ0n) is 14.7. The number of pyridine rings is 1. The third kappa shape index (κ3) is 6.81. The van der Waals surface area contributed by atoms with Crippen LogP contribution in [-0.4, -0.2) is 11.5 Å². The van der Waals surface area contributed by atoms with Gasteiger partial charge in [0.25, 0.3) is 0 Å². The van der Waals surface area contributed by atoms with E-state index in [9.17, 15) is 4.39 Å². The third-order valence-electron chi connectivity index (χ3n) is 3.39. The lowest BCUT2D eigenvalue weighted by Crippen LogP contribution is -2.10. The minimum Gasteiger partial charge on any atom is -0.330 e. The molecule has 1 aromatic carbocycles. The van der Waals surface area contributed by atoms with E-state index in [0.29, 0.717) is 12.5 Å². The van der Waals surface area contributed by atoms with E-state index in [1.165, 1.54) is 11.6 Å². The molecule has 1 atom stereocenters. The smallest absolute Gasteiger partial charge is 0.123 e. The molecule has 2 aromatic rings. The Balaban J connectivity index is 0.000000382. The molecular weight excluding hydrogens is 275 g/mol. The van der Waals surface area contributed by atoms with E-state index in [-0.39, 0.29) is 5.82 Å². The maximum atomic E-state index is 12.7. The Hall–Kier alpha value is -1.74. The van der Waals surface area contributed by atoms with Crippen LogP contribution in [-0.2, 0) is 0 Å². The molecule has 122 valence electrons. The molecule has 0 aliphatic carbocycles. The van der Waals surface area contributed by atoms with Crippen molar-refractivity contribution in [3.05, 3.63) is 64.7 Å². The second-order valence-electron chi connectivity index (χ2n) is 5.04. The molecule has 0 spiro atoms. The molecule has 0 aliphatic rings. The first-order valence-corrected chi connectivity index (χ1v) is 7.80. The predicted molar refractivity (Wildman–Crippen MR) is 93.7 cm³/mol. The lowest BCUT2D eigenvalue weighted by molar-refractivity contribution is 0.624. The summed E-state index contributed by atoms with van der Waals surface area (Å²) in [6.45, 7) is 12.6. The second-order valence-corrected chi connectivity index (χ2v) is 5.04. The van der Waals surface area contributed by atoms with E-state index in [4.69, 9.17) is 5.73 Å². The highest BCUT2D eigenvalue weighted by atomic mass is 19.1. The molecule has 22 heavy (non-hydrogen) atoms. The lowest BCUT2D eigenvalue weighted by atomic mass is 9.97. The monoisotopic (exact) mass is 304 g/mol. The predicted octanol–water partition coefficient (Wildman–Crippen LogP) is 4.92. The van der Waals surface area contributed by atoms with Gasteiger partial charge >= 0.3 is 0 Å². The highest BCUT2D eigenvalue weighted by molar-refractivity contribution is 5.29. The van der Waals surface area contributed by atoms with Gasteiger partial charge in [-0.3, -0.25) is 4.98 Å². The average Bonchev–Trinajstić information content (AvgIpc) is 2.52. The van der Waals surface area contributed by atoms with E-state index in [1.54, 1.807) is 6.07 Å². The Morgan fingerprint density at radius 1 is 1.09 bits per heavy atom. The molecule has 0 saturated heterocycles. The van der Waals surface area contributed by atoms with Crippen molar-refractivity contribution in [1.29, 1.82) is 0 Å². The summed E-state index contributed by atoms with van der Waals surface area (Å²) in [6.07, 6.45) is 1.81. The Bertz CT molecular complexity index is 532. The van der Waals surface area contributed by atoms with Crippen molar-refractivity contribution in [2.24, 2.45) is 5.73 Å². The van der Waals surface area contributed by atoms with Gasteiger partial charge in [0.1, 0.15) is 5.82 Å². The van der Waals surface area contributed by atoms with E-state index in [1.807, 2.05) is 52.9 Å². The summed E-state index contributed by atoms with van der Waals surface area (Å²) in [5.41, 5.74) is 10.0. The fraction of sp³-hybridized carbons (Fsp3) is 0.421. The molecule has 2 rings (SSSR count). The summed E-state index contributed by atoms with van der Waals surface area (Å²) in [4.78, 5) is 4.08. The van der Waals surface area contributed by atoms with Crippen LogP contribution in [0.5, 0.6) is 0 Å². The van der Waals surface area contributed by atoms with Crippen LogP contribution >= 0.6 is 0 Å². The number of aromatic nitrogens is 1. The zero-order chi connectivity index (χ0) is 17.1. The fourth-order valence-corrected chi connectivity index (χ4v) is 1.88.